The molecule has 0 radical (unpaired) electrons. The van der Waals surface area contributed by atoms with Crippen molar-refractivity contribution < 1.29 is 9.66 Å². The first-order valence-electron chi connectivity index (χ1n) is 8.81. The van der Waals surface area contributed by atoms with Crippen LogP contribution in [0.4, 0.5) is 11.4 Å². The molecule has 11 heteroatoms. The van der Waals surface area contributed by atoms with Gasteiger partial charge in [-0.15, -0.1) is 35.3 Å². The summed E-state index contributed by atoms with van der Waals surface area (Å²) in [6.07, 6.45) is -0.00742. The molecule has 160 valence electrons. The van der Waals surface area contributed by atoms with Crippen molar-refractivity contribution in [1.29, 1.82) is 0 Å². The number of ether oxygens (including phenoxy) is 1. The molecule has 2 aromatic rings. The lowest BCUT2D eigenvalue weighted by Gasteiger charge is -2.21. The second-order valence-electron chi connectivity index (χ2n) is 6.12. The fourth-order valence-corrected chi connectivity index (χ4v) is 3.31. The van der Waals surface area contributed by atoms with Crippen LogP contribution >= 0.6 is 35.3 Å². The van der Waals surface area contributed by atoms with Gasteiger partial charge in [-0.1, -0.05) is 0 Å². The number of halogens is 1. The molecule has 0 bridgehead atoms. The van der Waals surface area contributed by atoms with Gasteiger partial charge in [0.1, 0.15) is 11.1 Å². The molecule has 29 heavy (non-hydrogen) atoms. The third-order valence-electron chi connectivity index (χ3n) is 4.06. The first kappa shape index (κ1) is 25.0. The minimum absolute atomic E-state index is 0. The number of anilines is 1. The standard InChI is InChI=1S/C18H26N6O3S.HI/c1-13(27-4)17-22-15(12-28-17)11-23(3)18(19-2)21-10-9-20-14-5-7-16(8-6-14)24(25)26;/h5-8,12-13,20H,9-11H2,1-4H3,(H,19,21);1H. The lowest BCUT2D eigenvalue weighted by atomic mass is 10.3. The van der Waals surface area contributed by atoms with Gasteiger partial charge in [0.2, 0.25) is 0 Å². The van der Waals surface area contributed by atoms with E-state index in [1.165, 1.54) is 12.1 Å². The molecule has 0 fully saturated rings. The number of thiazole rings is 1. The van der Waals surface area contributed by atoms with Crippen LogP contribution in [0.25, 0.3) is 0 Å². The zero-order valence-electron chi connectivity index (χ0n) is 16.9. The maximum absolute atomic E-state index is 10.7. The first-order valence-corrected chi connectivity index (χ1v) is 9.69. The molecule has 9 nitrogen and oxygen atoms in total. The quantitative estimate of drug-likeness (QED) is 0.127. The molecule has 0 aliphatic heterocycles. The van der Waals surface area contributed by atoms with Gasteiger partial charge in [0.15, 0.2) is 5.96 Å². The normalized spacial score (nSPS) is 12.1. The Hall–Kier alpha value is -1.99. The Morgan fingerprint density at radius 1 is 1.38 bits per heavy atom. The number of hydrogen-bond acceptors (Lipinski definition) is 7. The summed E-state index contributed by atoms with van der Waals surface area (Å²) in [4.78, 5) is 21.2. The number of nitrogens with one attached hydrogen (secondary N) is 2. The highest BCUT2D eigenvalue weighted by Gasteiger charge is 2.12. The summed E-state index contributed by atoms with van der Waals surface area (Å²) in [5.41, 5.74) is 1.88. The summed E-state index contributed by atoms with van der Waals surface area (Å²) in [5, 5.41) is 20.2. The van der Waals surface area contributed by atoms with Crippen molar-refractivity contribution in [3.8, 4) is 0 Å². The fraction of sp³-hybridized carbons (Fsp3) is 0.444. The Labute approximate surface area is 191 Å². The molecule has 0 spiro atoms. The highest BCUT2D eigenvalue weighted by atomic mass is 127. The van der Waals surface area contributed by atoms with Crippen molar-refractivity contribution >= 4 is 52.6 Å². The number of non-ortho nitro benzene ring substituents is 1. The van der Waals surface area contributed by atoms with E-state index < -0.39 is 4.92 Å². The summed E-state index contributed by atoms with van der Waals surface area (Å²) in [6.45, 7) is 3.92. The molecule has 1 unspecified atom stereocenters. The van der Waals surface area contributed by atoms with Crippen LogP contribution in [0.2, 0.25) is 0 Å². The van der Waals surface area contributed by atoms with E-state index in [9.17, 15) is 10.1 Å². The number of rotatable bonds is 9. The van der Waals surface area contributed by atoms with Crippen molar-refractivity contribution in [2.24, 2.45) is 4.99 Å². The van der Waals surface area contributed by atoms with Gasteiger partial charge >= 0.3 is 0 Å². The molecule has 2 N–H and O–H groups in total. The number of hydrogen-bond donors (Lipinski definition) is 2. The van der Waals surface area contributed by atoms with Crippen molar-refractivity contribution in [3.05, 3.63) is 50.5 Å². The van der Waals surface area contributed by atoms with Crippen LogP contribution in [0.3, 0.4) is 0 Å². The maximum atomic E-state index is 10.7. The summed E-state index contributed by atoms with van der Waals surface area (Å²) in [6, 6.07) is 6.35. The largest absolute Gasteiger partial charge is 0.383 e. The number of aliphatic imine (C=N–C) groups is 1. The van der Waals surface area contributed by atoms with E-state index in [1.807, 2.05) is 24.3 Å². The van der Waals surface area contributed by atoms with Gasteiger partial charge in [0.05, 0.1) is 17.2 Å². The van der Waals surface area contributed by atoms with Crippen LogP contribution in [0.1, 0.15) is 23.7 Å². The van der Waals surface area contributed by atoms with E-state index in [-0.39, 0.29) is 35.8 Å². The molecule has 0 aliphatic carbocycles. The lowest BCUT2D eigenvalue weighted by molar-refractivity contribution is -0.384. The maximum Gasteiger partial charge on any atom is 0.269 e. The number of nitrogens with zero attached hydrogens (tertiary/aromatic N) is 4. The number of methoxy groups -OCH3 is 1. The van der Waals surface area contributed by atoms with Gasteiger partial charge in [-0.3, -0.25) is 15.1 Å². The SMILES string of the molecule is CN=C(NCCNc1ccc([N+](=O)[O-])cc1)N(C)Cc1csc(C(C)OC)n1.I. The van der Waals surface area contributed by atoms with Crippen molar-refractivity contribution in [2.45, 2.75) is 19.6 Å². The average molecular weight is 534 g/mol. The van der Waals surface area contributed by atoms with E-state index in [0.717, 1.165) is 22.3 Å². The predicted octanol–water partition coefficient (Wildman–Crippen LogP) is 3.50. The Bertz CT molecular complexity index is 799. The molecule has 1 heterocycles. The topological polar surface area (TPSA) is 105 Å². The second kappa shape index (κ2) is 12.5. The smallest absolute Gasteiger partial charge is 0.269 e. The lowest BCUT2D eigenvalue weighted by Crippen LogP contribution is -2.40. The number of guanidine groups is 1. The van der Waals surface area contributed by atoms with Gasteiger partial charge in [0.25, 0.3) is 5.69 Å². The fourth-order valence-electron chi connectivity index (χ4n) is 2.47. The van der Waals surface area contributed by atoms with E-state index in [4.69, 9.17) is 4.74 Å². The minimum atomic E-state index is -0.410. The van der Waals surface area contributed by atoms with Crippen LogP contribution in [0.15, 0.2) is 34.6 Å². The van der Waals surface area contributed by atoms with Crippen LogP contribution < -0.4 is 10.6 Å². The Morgan fingerprint density at radius 3 is 2.66 bits per heavy atom. The van der Waals surface area contributed by atoms with Gasteiger partial charge in [0, 0.05) is 57.5 Å². The van der Waals surface area contributed by atoms with Crippen molar-refractivity contribution in [1.82, 2.24) is 15.2 Å². The van der Waals surface area contributed by atoms with E-state index in [2.05, 4.69) is 20.6 Å². The molecule has 1 atom stereocenters. The highest BCUT2D eigenvalue weighted by Crippen LogP contribution is 2.21. The van der Waals surface area contributed by atoms with Crippen LogP contribution in [-0.4, -0.2) is 55.1 Å². The van der Waals surface area contributed by atoms with Gasteiger partial charge in [-0.25, -0.2) is 4.98 Å². The molecule has 1 aromatic heterocycles. The number of benzene rings is 1. The van der Waals surface area contributed by atoms with Gasteiger partial charge in [-0.2, -0.15) is 0 Å². The number of aromatic nitrogens is 1. The molecular formula is C18H27IN6O3S. The Morgan fingerprint density at radius 2 is 2.07 bits per heavy atom. The summed E-state index contributed by atoms with van der Waals surface area (Å²) >= 11 is 1.59. The third kappa shape index (κ3) is 7.74. The Kier molecular flexibility index (Phi) is 10.8. The van der Waals surface area contributed by atoms with Crippen LogP contribution in [0.5, 0.6) is 0 Å². The van der Waals surface area contributed by atoms with Gasteiger partial charge in [-0.05, 0) is 19.1 Å². The Balaban J connectivity index is 0.00000420. The van der Waals surface area contributed by atoms with E-state index >= 15 is 0 Å². The molecule has 0 saturated heterocycles. The number of nitro groups is 1. The summed E-state index contributed by atoms with van der Waals surface area (Å²) in [7, 11) is 5.37. The molecule has 2 rings (SSSR count). The average Bonchev–Trinajstić information content (AvgIpc) is 3.16. The monoisotopic (exact) mass is 534 g/mol. The van der Waals surface area contributed by atoms with Gasteiger partial charge < -0.3 is 20.3 Å². The van der Waals surface area contributed by atoms with Crippen molar-refractivity contribution in [2.75, 3.05) is 39.6 Å². The van der Waals surface area contributed by atoms with E-state index in [0.29, 0.717) is 19.6 Å². The third-order valence-corrected chi connectivity index (χ3v) is 5.11. The van der Waals surface area contributed by atoms with E-state index in [1.54, 1.807) is 37.6 Å². The highest BCUT2D eigenvalue weighted by molar-refractivity contribution is 14.0. The molecular weight excluding hydrogens is 507 g/mol. The molecule has 0 saturated carbocycles. The predicted molar refractivity (Wildman–Crippen MR) is 127 cm³/mol. The van der Waals surface area contributed by atoms with Crippen molar-refractivity contribution in [3.63, 3.8) is 0 Å². The zero-order chi connectivity index (χ0) is 20.5. The van der Waals surface area contributed by atoms with Crippen LogP contribution in [-0.2, 0) is 11.3 Å². The van der Waals surface area contributed by atoms with Crippen LogP contribution in [0, 0.1) is 10.1 Å². The summed E-state index contributed by atoms with van der Waals surface area (Å²) < 4.78 is 5.30. The second-order valence-corrected chi connectivity index (χ2v) is 7.01. The molecule has 0 amide bonds. The first-order chi connectivity index (χ1) is 13.4. The summed E-state index contributed by atoms with van der Waals surface area (Å²) in [5.74, 6) is 0.764. The molecule has 0 aliphatic rings. The minimum Gasteiger partial charge on any atom is -0.383 e. The zero-order valence-corrected chi connectivity index (χ0v) is 20.1. The molecule has 1 aromatic carbocycles. The number of nitro benzene ring substituents is 1.